The molecule has 0 aliphatic carbocycles. The summed E-state index contributed by atoms with van der Waals surface area (Å²) in [5, 5.41) is 11.5. The Balaban J connectivity index is 2.93. The molecule has 3 N–H and O–H groups in total. The van der Waals surface area contributed by atoms with Crippen LogP contribution in [0.1, 0.15) is 30.6 Å². The first-order valence-corrected chi connectivity index (χ1v) is 7.63. The molecule has 1 amide bonds. The second-order valence-corrected chi connectivity index (χ2v) is 6.27. The van der Waals surface area contributed by atoms with Crippen molar-refractivity contribution in [1.29, 1.82) is 0 Å². The van der Waals surface area contributed by atoms with E-state index in [2.05, 4.69) is 5.16 Å². The maximum atomic E-state index is 13.1. The molecule has 1 aromatic rings. The van der Waals surface area contributed by atoms with Gasteiger partial charge in [0, 0.05) is 23.1 Å². The summed E-state index contributed by atoms with van der Waals surface area (Å²) < 4.78 is 13.7. The summed E-state index contributed by atoms with van der Waals surface area (Å²) in [7, 11) is 0. The smallest absolute Gasteiger partial charge is 0.254 e. The summed E-state index contributed by atoms with van der Waals surface area (Å²) in [6.07, 6.45) is 0.284. The van der Waals surface area contributed by atoms with E-state index in [-0.39, 0.29) is 29.9 Å². The Bertz CT molecular complexity index is 535. The summed E-state index contributed by atoms with van der Waals surface area (Å²) in [6, 6.07) is 4.08. The van der Waals surface area contributed by atoms with E-state index in [9.17, 15) is 9.18 Å². The molecule has 21 heavy (non-hydrogen) atoms. The third kappa shape index (κ3) is 5.49. The van der Waals surface area contributed by atoms with Gasteiger partial charge in [-0.05, 0) is 46.7 Å². The number of oxime groups is 1. The summed E-state index contributed by atoms with van der Waals surface area (Å²) in [5.41, 5.74) is 5.91. The van der Waals surface area contributed by atoms with Gasteiger partial charge in [-0.3, -0.25) is 4.79 Å². The number of amidine groups is 1. The molecular weight excluding hydrogens is 388 g/mol. The van der Waals surface area contributed by atoms with Crippen LogP contribution >= 0.6 is 22.6 Å². The lowest BCUT2D eigenvalue weighted by molar-refractivity contribution is 0.0739. The fraction of sp³-hybridized carbons (Fsp3) is 0.429. The van der Waals surface area contributed by atoms with E-state index in [1.54, 1.807) is 4.90 Å². The minimum Gasteiger partial charge on any atom is -0.409 e. The number of amides is 1. The topological polar surface area (TPSA) is 78.9 Å². The molecule has 116 valence electrons. The lowest BCUT2D eigenvalue weighted by Crippen LogP contribution is -2.37. The maximum absolute atomic E-state index is 13.1. The molecule has 0 radical (unpaired) electrons. The SMILES string of the molecule is CC(C)CN(CC/C(N)=N/O)C(=O)c1ccc(F)cc1I. The van der Waals surface area contributed by atoms with Crippen LogP contribution in [-0.4, -0.2) is 34.9 Å². The van der Waals surface area contributed by atoms with Crippen molar-refractivity contribution in [3.8, 4) is 0 Å². The normalized spacial score (nSPS) is 11.8. The van der Waals surface area contributed by atoms with Gasteiger partial charge in [0.1, 0.15) is 11.7 Å². The fourth-order valence-corrected chi connectivity index (χ4v) is 2.56. The van der Waals surface area contributed by atoms with Crippen molar-refractivity contribution in [3.05, 3.63) is 33.1 Å². The highest BCUT2D eigenvalue weighted by molar-refractivity contribution is 14.1. The Morgan fingerprint density at radius 3 is 2.71 bits per heavy atom. The maximum Gasteiger partial charge on any atom is 0.254 e. The number of benzene rings is 1. The number of hydrogen-bond acceptors (Lipinski definition) is 3. The minimum absolute atomic E-state index is 0.0744. The Morgan fingerprint density at radius 2 is 2.19 bits per heavy atom. The van der Waals surface area contributed by atoms with Crippen LogP contribution in [0.2, 0.25) is 0 Å². The number of rotatable bonds is 6. The number of halogens is 2. The van der Waals surface area contributed by atoms with E-state index in [0.29, 0.717) is 22.2 Å². The number of carbonyl (C=O) groups excluding carboxylic acids is 1. The van der Waals surface area contributed by atoms with Gasteiger partial charge in [0.05, 0.1) is 5.56 Å². The molecule has 7 heteroatoms. The van der Waals surface area contributed by atoms with Gasteiger partial charge in [0.2, 0.25) is 0 Å². The second kappa shape index (κ2) is 8.16. The van der Waals surface area contributed by atoms with Crippen molar-refractivity contribution < 1.29 is 14.4 Å². The van der Waals surface area contributed by atoms with Gasteiger partial charge in [-0.15, -0.1) is 0 Å². The van der Waals surface area contributed by atoms with E-state index in [0.717, 1.165) is 0 Å². The summed E-state index contributed by atoms with van der Waals surface area (Å²) in [4.78, 5) is 14.2. The lowest BCUT2D eigenvalue weighted by Gasteiger charge is -2.25. The zero-order valence-corrected chi connectivity index (χ0v) is 14.2. The number of nitrogens with zero attached hydrogens (tertiary/aromatic N) is 2. The number of carbonyl (C=O) groups is 1. The molecule has 0 heterocycles. The van der Waals surface area contributed by atoms with E-state index in [1.807, 2.05) is 36.4 Å². The minimum atomic E-state index is -0.372. The van der Waals surface area contributed by atoms with Crippen LogP contribution < -0.4 is 5.73 Å². The Morgan fingerprint density at radius 1 is 1.52 bits per heavy atom. The highest BCUT2D eigenvalue weighted by Crippen LogP contribution is 2.17. The summed E-state index contributed by atoms with van der Waals surface area (Å²) in [6.45, 7) is 4.89. The third-order valence-electron chi connectivity index (χ3n) is 2.80. The van der Waals surface area contributed by atoms with Gasteiger partial charge in [0.25, 0.3) is 5.91 Å². The van der Waals surface area contributed by atoms with Crippen LogP contribution in [0.3, 0.4) is 0 Å². The van der Waals surface area contributed by atoms with Gasteiger partial charge < -0.3 is 15.8 Å². The predicted molar refractivity (Wildman–Crippen MR) is 87.9 cm³/mol. The Kier molecular flexibility index (Phi) is 6.86. The molecule has 0 unspecified atom stereocenters. The first kappa shape index (κ1) is 17.7. The van der Waals surface area contributed by atoms with Gasteiger partial charge in [-0.1, -0.05) is 19.0 Å². The summed E-state index contributed by atoms with van der Waals surface area (Å²) in [5.74, 6) is -0.202. The Hall–Kier alpha value is -1.38. The van der Waals surface area contributed by atoms with E-state index < -0.39 is 0 Å². The zero-order chi connectivity index (χ0) is 16.0. The van der Waals surface area contributed by atoms with Crippen LogP contribution in [0.5, 0.6) is 0 Å². The molecule has 0 atom stereocenters. The van der Waals surface area contributed by atoms with Crippen LogP contribution in [0.4, 0.5) is 4.39 Å². The van der Waals surface area contributed by atoms with Crippen molar-refractivity contribution in [1.82, 2.24) is 4.90 Å². The Labute approximate surface area is 137 Å². The molecule has 0 saturated heterocycles. The molecule has 0 spiro atoms. The van der Waals surface area contributed by atoms with Crippen LogP contribution in [0.15, 0.2) is 23.4 Å². The van der Waals surface area contributed by atoms with E-state index in [1.165, 1.54) is 18.2 Å². The predicted octanol–water partition coefficient (Wildman–Crippen LogP) is 2.67. The van der Waals surface area contributed by atoms with Crippen molar-refractivity contribution in [2.75, 3.05) is 13.1 Å². The monoisotopic (exact) mass is 407 g/mol. The summed E-state index contributed by atoms with van der Waals surface area (Å²) >= 11 is 1.94. The molecular formula is C14H19FIN3O2. The van der Waals surface area contributed by atoms with E-state index >= 15 is 0 Å². The number of nitrogens with two attached hydrogens (primary N) is 1. The molecule has 0 saturated carbocycles. The first-order chi connectivity index (χ1) is 9.85. The average molecular weight is 407 g/mol. The average Bonchev–Trinajstić information content (AvgIpc) is 2.42. The fourth-order valence-electron chi connectivity index (χ4n) is 1.85. The standard InChI is InChI=1S/C14H19FIN3O2/c1-9(2)8-19(6-5-13(17)18-21)14(20)11-4-3-10(15)7-12(11)16/h3-4,7,9,21H,5-6,8H2,1-2H3,(H2,17,18). The van der Waals surface area contributed by atoms with Gasteiger partial charge >= 0.3 is 0 Å². The number of hydrogen-bond donors (Lipinski definition) is 2. The third-order valence-corrected chi connectivity index (χ3v) is 3.69. The molecule has 0 bridgehead atoms. The largest absolute Gasteiger partial charge is 0.409 e. The zero-order valence-electron chi connectivity index (χ0n) is 12.0. The highest BCUT2D eigenvalue weighted by atomic mass is 127. The van der Waals surface area contributed by atoms with Crippen LogP contribution in [-0.2, 0) is 0 Å². The quantitative estimate of drug-likeness (QED) is 0.250. The molecule has 1 rings (SSSR count). The van der Waals surface area contributed by atoms with Crippen LogP contribution in [0, 0.1) is 15.3 Å². The molecule has 0 aliphatic heterocycles. The molecule has 0 aliphatic rings. The van der Waals surface area contributed by atoms with Crippen molar-refractivity contribution in [3.63, 3.8) is 0 Å². The molecule has 5 nitrogen and oxygen atoms in total. The molecule has 0 fully saturated rings. The lowest BCUT2D eigenvalue weighted by atomic mass is 10.1. The highest BCUT2D eigenvalue weighted by Gasteiger charge is 2.19. The van der Waals surface area contributed by atoms with E-state index in [4.69, 9.17) is 10.9 Å². The van der Waals surface area contributed by atoms with Crippen LogP contribution in [0.25, 0.3) is 0 Å². The second-order valence-electron chi connectivity index (χ2n) is 5.11. The van der Waals surface area contributed by atoms with Gasteiger partial charge in [-0.25, -0.2) is 4.39 Å². The van der Waals surface area contributed by atoms with Crippen molar-refractivity contribution in [2.45, 2.75) is 20.3 Å². The molecule has 0 aromatic heterocycles. The first-order valence-electron chi connectivity index (χ1n) is 6.55. The van der Waals surface area contributed by atoms with Crippen molar-refractivity contribution in [2.24, 2.45) is 16.8 Å². The van der Waals surface area contributed by atoms with Gasteiger partial charge in [0.15, 0.2) is 0 Å². The molecule has 1 aromatic carbocycles. The van der Waals surface area contributed by atoms with Crippen molar-refractivity contribution >= 4 is 34.3 Å². The van der Waals surface area contributed by atoms with Gasteiger partial charge in [-0.2, -0.15) is 0 Å².